The molecular weight excluding hydrogens is 479 g/mol. The van der Waals surface area contributed by atoms with E-state index in [-0.39, 0.29) is 6.42 Å². The van der Waals surface area contributed by atoms with E-state index in [1.807, 2.05) is 4.90 Å². The van der Waals surface area contributed by atoms with E-state index in [1.54, 1.807) is 0 Å². The Balaban J connectivity index is 2.00. The summed E-state index contributed by atoms with van der Waals surface area (Å²) in [5, 5.41) is 0. The molecule has 0 spiro atoms. The maximum absolute atomic E-state index is 14.9. The summed E-state index contributed by atoms with van der Waals surface area (Å²) in [6.45, 7) is -2.43. The fourth-order valence-electron chi connectivity index (χ4n) is 5.89. The molecule has 34 heavy (non-hydrogen) atoms. The second kappa shape index (κ2) is 9.43. The molecule has 0 amide bonds. The molecule has 1 aliphatic carbocycles. The summed E-state index contributed by atoms with van der Waals surface area (Å²) in [5.41, 5.74) is -3.04. The minimum absolute atomic E-state index is 0.0557. The van der Waals surface area contributed by atoms with Gasteiger partial charge in [0.2, 0.25) is 0 Å². The minimum atomic E-state index is -3.49. The smallest absolute Gasteiger partial charge is 0.200 e. The summed E-state index contributed by atoms with van der Waals surface area (Å²) in [4.78, 5) is 1.90. The van der Waals surface area contributed by atoms with E-state index in [1.165, 1.54) is 0 Å². The molecule has 186 valence electrons. The number of hydrogen-bond donors (Lipinski definition) is 0. The van der Waals surface area contributed by atoms with Crippen molar-refractivity contribution in [2.75, 3.05) is 13.1 Å². The van der Waals surface area contributed by atoms with Gasteiger partial charge in [-0.3, -0.25) is 0 Å². The molecule has 0 N–H and O–H groups in total. The lowest BCUT2D eigenvalue weighted by atomic mass is 9.32. The van der Waals surface area contributed by atoms with Gasteiger partial charge in [-0.05, 0) is 38.4 Å². The van der Waals surface area contributed by atoms with Crippen molar-refractivity contribution < 1.29 is 43.9 Å². The van der Waals surface area contributed by atoms with Crippen LogP contribution in [0.25, 0.3) is 0 Å². The molecule has 1 heterocycles. The second-order valence-corrected chi connectivity index (χ2v) is 9.04. The number of halogens is 10. The molecule has 1 aliphatic heterocycles. The first-order chi connectivity index (χ1) is 16.1. The summed E-state index contributed by atoms with van der Waals surface area (Å²) >= 11 is 0. The van der Waals surface area contributed by atoms with Crippen LogP contribution in [0.3, 0.4) is 0 Å². The molecule has 2 aromatic rings. The number of nitrogens with zero attached hydrogens (tertiary/aromatic N) is 1. The lowest BCUT2D eigenvalue weighted by Gasteiger charge is -2.43. The molecular formula is C22H19BF10N-. The summed E-state index contributed by atoms with van der Waals surface area (Å²) in [7, 11) is 0. The van der Waals surface area contributed by atoms with Crippen LogP contribution in [0, 0.1) is 58.2 Å². The van der Waals surface area contributed by atoms with Crippen molar-refractivity contribution >= 4 is 17.6 Å². The van der Waals surface area contributed by atoms with E-state index < -0.39 is 87.7 Å². The summed E-state index contributed by atoms with van der Waals surface area (Å²) in [6, 6.07) is -0.578. The standard InChI is InChI=1S/C22H19BF10N/c24-13-11(14(25)18(29)21(32)17(13)28)23(12-15(26)19(30)22(33)20(31)16(12)27)9-5-4-6-10(9)34-7-2-1-3-8-34/h9-10,23H,1-8H2/q-1/t9-,10-/m1/s1. The molecule has 1 nitrogen and oxygen atoms in total. The third kappa shape index (κ3) is 3.87. The van der Waals surface area contributed by atoms with Crippen molar-refractivity contribution in [1.29, 1.82) is 0 Å². The summed E-state index contributed by atoms with van der Waals surface area (Å²) < 4.78 is 143. The van der Waals surface area contributed by atoms with Gasteiger partial charge in [0.05, 0.1) is 6.71 Å². The van der Waals surface area contributed by atoms with E-state index in [0.29, 0.717) is 25.9 Å². The van der Waals surface area contributed by atoms with Crippen molar-refractivity contribution in [1.82, 2.24) is 4.90 Å². The topological polar surface area (TPSA) is 3.24 Å². The third-order valence-electron chi connectivity index (χ3n) is 7.37. The normalized spacial score (nSPS) is 21.6. The lowest BCUT2D eigenvalue weighted by molar-refractivity contribution is 0.165. The molecule has 0 aromatic heterocycles. The fraction of sp³-hybridized carbons (Fsp3) is 0.455. The van der Waals surface area contributed by atoms with Crippen LogP contribution in [-0.2, 0) is 0 Å². The van der Waals surface area contributed by atoms with Crippen LogP contribution in [0.15, 0.2) is 0 Å². The third-order valence-corrected chi connectivity index (χ3v) is 7.37. The Morgan fingerprint density at radius 2 is 0.853 bits per heavy atom. The Morgan fingerprint density at radius 3 is 1.26 bits per heavy atom. The maximum Gasteiger partial charge on any atom is 0.200 e. The predicted molar refractivity (Wildman–Crippen MR) is 106 cm³/mol. The van der Waals surface area contributed by atoms with Crippen molar-refractivity contribution in [3.8, 4) is 0 Å². The largest absolute Gasteiger partial charge is 0.303 e. The molecule has 12 heteroatoms. The van der Waals surface area contributed by atoms with E-state index in [2.05, 4.69) is 0 Å². The quantitative estimate of drug-likeness (QED) is 0.253. The van der Waals surface area contributed by atoms with Gasteiger partial charge in [-0.15, -0.1) is 16.7 Å². The van der Waals surface area contributed by atoms with Crippen LogP contribution in [0.2, 0.25) is 5.82 Å². The monoisotopic (exact) mass is 498 g/mol. The predicted octanol–water partition coefficient (Wildman–Crippen LogP) is 4.83. The molecule has 2 atom stereocenters. The fourth-order valence-corrected chi connectivity index (χ4v) is 5.89. The molecule has 1 saturated carbocycles. The van der Waals surface area contributed by atoms with E-state index in [9.17, 15) is 43.9 Å². The number of piperidine rings is 1. The number of benzene rings is 2. The number of likely N-dealkylation sites (tertiary alicyclic amines) is 1. The Bertz CT molecular complexity index is 990. The zero-order valence-electron chi connectivity index (χ0n) is 17.7. The minimum Gasteiger partial charge on any atom is -0.303 e. The van der Waals surface area contributed by atoms with Gasteiger partial charge in [0.25, 0.3) is 0 Å². The molecule has 2 aliphatic rings. The van der Waals surface area contributed by atoms with Gasteiger partial charge in [0.1, 0.15) is 23.3 Å². The van der Waals surface area contributed by atoms with Crippen molar-refractivity contribution in [3.05, 3.63) is 58.2 Å². The average Bonchev–Trinajstić information content (AvgIpc) is 3.33. The Kier molecular flexibility index (Phi) is 6.90. The average molecular weight is 498 g/mol. The highest BCUT2D eigenvalue weighted by Gasteiger charge is 2.41. The molecule has 2 fully saturated rings. The van der Waals surface area contributed by atoms with Gasteiger partial charge < -0.3 is 4.90 Å². The van der Waals surface area contributed by atoms with E-state index >= 15 is 0 Å². The van der Waals surface area contributed by atoms with Crippen LogP contribution in [0.4, 0.5) is 43.9 Å². The SMILES string of the molecule is Fc1c(F)c(F)c([BH-](c2c(F)c(F)c(F)c(F)c2F)[C@@H]2CCC[C@H]2N2CCCCC2)c(F)c1F. The Hall–Kier alpha value is -2.24. The van der Waals surface area contributed by atoms with Crippen molar-refractivity contribution in [3.63, 3.8) is 0 Å². The Morgan fingerprint density at radius 1 is 0.471 bits per heavy atom. The van der Waals surface area contributed by atoms with Gasteiger partial charge in [-0.2, -0.15) is 0 Å². The van der Waals surface area contributed by atoms with Gasteiger partial charge in [0.15, 0.2) is 34.9 Å². The molecule has 0 radical (unpaired) electrons. The van der Waals surface area contributed by atoms with Gasteiger partial charge >= 0.3 is 0 Å². The van der Waals surface area contributed by atoms with Crippen LogP contribution in [0.5, 0.6) is 0 Å². The van der Waals surface area contributed by atoms with Crippen molar-refractivity contribution in [2.24, 2.45) is 0 Å². The first-order valence-corrected chi connectivity index (χ1v) is 11.0. The molecule has 1 saturated heterocycles. The maximum atomic E-state index is 14.9. The highest BCUT2D eigenvalue weighted by Crippen LogP contribution is 2.39. The Labute approximate surface area is 188 Å². The van der Waals surface area contributed by atoms with E-state index in [0.717, 1.165) is 19.3 Å². The molecule has 0 unspecified atom stereocenters. The molecule has 4 rings (SSSR count). The number of rotatable bonds is 4. The van der Waals surface area contributed by atoms with E-state index in [4.69, 9.17) is 0 Å². The first kappa shape index (κ1) is 24.9. The van der Waals surface area contributed by atoms with Crippen LogP contribution < -0.4 is 10.9 Å². The van der Waals surface area contributed by atoms with Gasteiger partial charge in [-0.25, -0.2) is 43.9 Å². The molecule has 2 aromatic carbocycles. The second-order valence-electron chi connectivity index (χ2n) is 9.04. The van der Waals surface area contributed by atoms with Crippen molar-refractivity contribution in [2.45, 2.75) is 50.4 Å². The zero-order chi connectivity index (χ0) is 24.9. The van der Waals surface area contributed by atoms with Crippen LogP contribution >= 0.6 is 0 Å². The first-order valence-electron chi connectivity index (χ1n) is 11.0. The van der Waals surface area contributed by atoms with Gasteiger partial charge in [-0.1, -0.05) is 19.3 Å². The summed E-state index contributed by atoms with van der Waals surface area (Å²) in [5.74, 6) is -24.7. The number of hydrogen-bond acceptors (Lipinski definition) is 1. The summed E-state index contributed by atoms with van der Waals surface area (Å²) in [6.07, 6.45) is 3.25. The van der Waals surface area contributed by atoms with Gasteiger partial charge in [0, 0.05) is 0 Å². The highest BCUT2D eigenvalue weighted by atomic mass is 19.2. The highest BCUT2D eigenvalue weighted by molar-refractivity contribution is 6.86. The molecule has 0 bridgehead atoms. The lowest BCUT2D eigenvalue weighted by Crippen LogP contribution is -2.57. The van der Waals surface area contributed by atoms with Crippen LogP contribution in [-0.4, -0.2) is 30.7 Å². The van der Waals surface area contributed by atoms with Crippen LogP contribution in [0.1, 0.15) is 38.5 Å². The zero-order valence-corrected chi connectivity index (χ0v) is 17.7.